The van der Waals surface area contributed by atoms with Crippen molar-refractivity contribution < 1.29 is 4.79 Å². The number of nitrogens with zero attached hydrogens (tertiary/aromatic N) is 5. The van der Waals surface area contributed by atoms with E-state index in [4.69, 9.17) is 16.7 Å². The third-order valence-corrected chi connectivity index (χ3v) is 5.93. The van der Waals surface area contributed by atoms with Crippen molar-refractivity contribution in [3.05, 3.63) is 53.3 Å². The summed E-state index contributed by atoms with van der Waals surface area (Å²) < 4.78 is 3.77. The van der Waals surface area contributed by atoms with Crippen molar-refractivity contribution in [2.24, 2.45) is 7.05 Å². The minimum atomic E-state index is 0.109. The Morgan fingerprint density at radius 3 is 2.66 bits per heavy atom. The lowest BCUT2D eigenvalue weighted by molar-refractivity contribution is 0.0762. The number of likely N-dealkylation sites (tertiary alicyclic amines) is 1. The third kappa shape index (κ3) is 3.17. The Labute approximate surface area is 173 Å². The van der Waals surface area contributed by atoms with Crippen LogP contribution in [0.5, 0.6) is 0 Å². The number of amides is 1. The highest BCUT2D eigenvalue weighted by Gasteiger charge is 2.20. The predicted octanol–water partition coefficient (Wildman–Crippen LogP) is 4.56. The first-order valence-corrected chi connectivity index (χ1v) is 10.4. The van der Waals surface area contributed by atoms with Crippen LogP contribution in [0.1, 0.15) is 36.0 Å². The molecule has 0 atom stereocenters. The molecule has 0 radical (unpaired) electrons. The molecule has 0 unspecified atom stereocenters. The Hall–Kier alpha value is -2.86. The molecule has 0 spiro atoms. The van der Waals surface area contributed by atoms with Gasteiger partial charge in [0.05, 0.1) is 22.4 Å². The minimum absolute atomic E-state index is 0.109. The quantitative estimate of drug-likeness (QED) is 0.489. The molecule has 4 heterocycles. The molecule has 6 nitrogen and oxygen atoms in total. The standard InChI is InChI=1S/C22H22ClN5O/c1-26-18-12-15(22(29)27-10-4-2-3-5-11-27)6-8-17(18)21(25-26)19-13-24-20-9-7-16(23)14-28(19)20/h6-9,12-14H,2-5,10-11H2,1H3. The normalized spacial score (nSPS) is 15.2. The minimum Gasteiger partial charge on any atom is -0.339 e. The summed E-state index contributed by atoms with van der Waals surface area (Å²) in [6.07, 6.45) is 8.23. The zero-order chi connectivity index (χ0) is 20.0. The van der Waals surface area contributed by atoms with E-state index in [1.165, 1.54) is 12.8 Å². The number of pyridine rings is 1. The number of aryl methyl sites for hydroxylation is 1. The predicted molar refractivity (Wildman–Crippen MR) is 114 cm³/mol. The first-order chi connectivity index (χ1) is 14.1. The number of benzene rings is 1. The van der Waals surface area contributed by atoms with Crippen molar-refractivity contribution in [1.29, 1.82) is 0 Å². The van der Waals surface area contributed by atoms with Crippen molar-refractivity contribution in [3.63, 3.8) is 0 Å². The zero-order valence-electron chi connectivity index (χ0n) is 16.3. The molecule has 0 saturated carbocycles. The van der Waals surface area contributed by atoms with Crippen LogP contribution in [0.4, 0.5) is 0 Å². The van der Waals surface area contributed by atoms with E-state index in [-0.39, 0.29) is 5.91 Å². The summed E-state index contributed by atoms with van der Waals surface area (Å²) in [5.41, 5.74) is 4.16. The van der Waals surface area contributed by atoms with Crippen LogP contribution in [0.3, 0.4) is 0 Å². The SMILES string of the molecule is Cn1nc(-c2cnc3ccc(Cl)cn23)c2ccc(C(=O)N3CCCCCC3)cc21. The highest BCUT2D eigenvalue weighted by molar-refractivity contribution is 6.30. The molecular weight excluding hydrogens is 386 g/mol. The van der Waals surface area contributed by atoms with Gasteiger partial charge < -0.3 is 4.90 Å². The number of hydrogen-bond donors (Lipinski definition) is 0. The van der Waals surface area contributed by atoms with Crippen LogP contribution in [0.2, 0.25) is 5.02 Å². The van der Waals surface area contributed by atoms with Gasteiger partial charge in [0.1, 0.15) is 11.3 Å². The molecule has 148 valence electrons. The zero-order valence-corrected chi connectivity index (χ0v) is 17.1. The molecule has 1 aromatic carbocycles. The number of fused-ring (bicyclic) bond motifs is 2. The molecule has 1 amide bonds. The Bertz CT molecular complexity index is 1220. The van der Waals surface area contributed by atoms with Crippen molar-refractivity contribution in [1.82, 2.24) is 24.1 Å². The lowest BCUT2D eigenvalue weighted by Crippen LogP contribution is -2.31. The molecule has 29 heavy (non-hydrogen) atoms. The first-order valence-electron chi connectivity index (χ1n) is 10.0. The van der Waals surface area contributed by atoms with E-state index in [1.807, 2.05) is 63.8 Å². The number of carbonyl (C=O) groups is 1. The Kier molecular flexibility index (Phi) is 4.51. The maximum absolute atomic E-state index is 13.0. The van der Waals surface area contributed by atoms with Gasteiger partial charge in [0, 0.05) is 37.3 Å². The smallest absolute Gasteiger partial charge is 0.253 e. The summed E-state index contributed by atoms with van der Waals surface area (Å²) in [5, 5.41) is 6.36. The first kappa shape index (κ1) is 18.2. The average molecular weight is 408 g/mol. The second-order valence-corrected chi connectivity index (χ2v) is 8.07. The van der Waals surface area contributed by atoms with Gasteiger partial charge in [-0.05, 0) is 43.2 Å². The Morgan fingerprint density at radius 1 is 1.07 bits per heavy atom. The second-order valence-electron chi connectivity index (χ2n) is 7.63. The van der Waals surface area contributed by atoms with E-state index in [0.717, 1.165) is 59.4 Å². The topological polar surface area (TPSA) is 55.4 Å². The van der Waals surface area contributed by atoms with Crippen molar-refractivity contribution in [3.8, 4) is 11.4 Å². The summed E-state index contributed by atoms with van der Waals surface area (Å²) in [5.74, 6) is 0.109. The second kappa shape index (κ2) is 7.19. The monoisotopic (exact) mass is 407 g/mol. The van der Waals surface area contributed by atoms with E-state index in [0.29, 0.717) is 5.02 Å². The number of carbonyl (C=O) groups excluding carboxylic acids is 1. The van der Waals surface area contributed by atoms with E-state index >= 15 is 0 Å². The van der Waals surface area contributed by atoms with Gasteiger partial charge in [0.25, 0.3) is 5.91 Å². The van der Waals surface area contributed by atoms with Crippen LogP contribution >= 0.6 is 11.6 Å². The molecule has 0 aliphatic carbocycles. The van der Waals surface area contributed by atoms with Crippen LogP contribution in [0, 0.1) is 0 Å². The fourth-order valence-electron chi connectivity index (χ4n) is 4.17. The molecule has 3 aromatic heterocycles. The molecular formula is C22H22ClN5O. The van der Waals surface area contributed by atoms with Gasteiger partial charge in [-0.25, -0.2) is 4.98 Å². The Morgan fingerprint density at radius 2 is 1.86 bits per heavy atom. The molecule has 0 bridgehead atoms. The maximum atomic E-state index is 13.0. The third-order valence-electron chi connectivity index (χ3n) is 5.70. The number of halogens is 1. The molecule has 4 aromatic rings. The van der Waals surface area contributed by atoms with Crippen molar-refractivity contribution >= 4 is 34.1 Å². The van der Waals surface area contributed by atoms with Gasteiger partial charge >= 0.3 is 0 Å². The fraction of sp³-hybridized carbons (Fsp3) is 0.318. The highest BCUT2D eigenvalue weighted by atomic mass is 35.5. The lowest BCUT2D eigenvalue weighted by Gasteiger charge is -2.20. The molecule has 0 N–H and O–H groups in total. The van der Waals surface area contributed by atoms with Crippen LogP contribution in [0.25, 0.3) is 27.9 Å². The van der Waals surface area contributed by atoms with E-state index in [9.17, 15) is 4.79 Å². The largest absolute Gasteiger partial charge is 0.339 e. The van der Waals surface area contributed by atoms with E-state index in [1.54, 1.807) is 0 Å². The number of rotatable bonds is 2. The molecule has 7 heteroatoms. The maximum Gasteiger partial charge on any atom is 0.253 e. The van der Waals surface area contributed by atoms with Crippen LogP contribution in [-0.4, -0.2) is 43.1 Å². The summed E-state index contributed by atoms with van der Waals surface area (Å²) in [6.45, 7) is 1.69. The summed E-state index contributed by atoms with van der Waals surface area (Å²) in [7, 11) is 1.90. The van der Waals surface area contributed by atoms with Crippen LogP contribution in [-0.2, 0) is 7.05 Å². The molecule has 1 aliphatic rings. The Balaban J connectivity index is 1.57. The van der Waals surface area contributed by atoms with Gasteiger partial charge in [-0.1, -0.05) is 24.4 Å². The van der Waals surface area contributed by atoms with Crippen LogP contribution in [0.15, 0.2) is 42.7 Å². The van der Waals surface area contributed by atoms with Crippen molar-refractivity contribution in [2.75, 3.05) is 13.1 Å². The van der Waals surface area contributed by atoms with Gasteiger partial charge in [0.15, 0.2) is 0 Å². The molecule has 1 saturated heterocycles. The number of hydrogen-bond acceptors (Lipinski definition) is 3. The van der Waals surface area contributed by atoms with Gasteiger partial charge in [-0.3, -0.25) is 13.9 Å². The van der Waals surface area contributed by atoms with Gasteiger partial charge in [0.2, 0.25) is 0 Å². The summed E-state index contributed by atoms with van der Waals surface area (Å²) in [6, 6.07) is 9.57. The van der Waals surface area contributed by atoms with E-state index in [2.05, 4.69) is 4.98 Å². The average Bonchev–Trinajstić information content (AvgIpc) is 3.15. The lowest BCUT2D eigenvalue weighted by atomic mass is 10.1. The summed E-state index contributed by atoms with van der Waals surface area (Å²) in [4.78, 5) is 19.5. The van der Waals surface area contributed by atoms with E-state index < -0.39 is 0 Å². The summed E-state index contributed by atoms with van der Waals surface area (Å²) >= 11 is 6.18. The number of imidazole rings is 1. The molecule has 5 rings (SSSR count). The number of aromatic nitrogens is 4. The molecule has 1 aliphatic heterocycles. The van der Waals surface area contributed by atoms with Crippen LogP contribution < -0.4 is 0 Å². The molecule has 1 fully saturated rings. The van der Waals surface area contributed by atoms with Gasteiger partial charge in [-0.2, -0.15) is 5.10 Å². The van der Waals surface area contributed by atoms with Gasteiger partial charge in [-0.15, -0.1) is 0 Å². The fourth-order valence-corrected chi connectivity index (χ4v) is 4.33. The van der Waals surface area contributed by atoms with Crippen molar-refractivity contribution in [2.45, 2.75) is 25.7 Å². The highest BCUT2D eigenvalue weighted by Crippen LogP contribution is 2.30.